The third-order valence-electron chi connectivity index (χ3n) is 5.22. The molecule has 0 aliphatic rings. The second-order valence-electron chi connectivity index (χ2n) is 8.57. The molecule has 0 saturated heterocycles. The fourth-order valence-corrected chi connectivity index (χ4v) is 3.78. The average molecular weight is 447 g/mol. The highest BCUT2D eigenvalue weighted by Gasteiger charge is 2.13. The zero-order valence-corrected chi connectivity index (χ0v) is 20.2. The van der Waals surface area contributed by atoms with E-state index < -0.39 is 0 Å². The van der Waals surface area contributed by atoms with Crippen LogP contribution in [0.2, 0.25) is 0 Å². The van der Waals surface area contributed by atoms with Gasteiger partial charge < -0.3 is 14.8 Å². The molecule has 1 atom stereocenters. The topological polar surface area (TPSA) is 60.5 Å². The third kappa shape index (κ3) is 7.16. The Kier molecular flexibility index (Phi) is 8.61. The monoisotopic (exact) mass is 446 g/mol. The number of hydrogen-bond donors (Lipinski definition) is 1. The van der Waals surface area contributed by atoms with Gasteiger partial charge in [-0.1, -0.05) is 31.5 Å². The average Bonchev–Trinajstić information content (AvgIpc) is 2.76. The number of nitrogens with zero attached hydrogens (tertiary/aromatic N) is 1. The van der Waals surface area contributed by atoms with Crippen LogP contribution in [0.15, 0.2) is 60.7 Å². The Hall–Kier alpha value is -3.18. The van der Waals surface area contributed by atoms with E-state index in [1.807, 2.05) is 82.3 Å². The van der Waals surface area contributed by atoms with Crippen LogP contribution in [0.4, 0.5) is 5.69 Å². The number of nitrogens with one attached hydrogen (secondary N) is 1. The number of ether oxygens (including phenoxy) is 2. The van der Waals surface area contributed by atoms with E-state index >= 15 is 0 Å². The number of amides is 1. The van der Waals surface area contributed by atoms with Gasteiger partial charge in [0, 0.05) is 17.8 Å². The normalized spacial score (nSPS) is 11.9. The second kappa shape index (κ2) is 11.6. The standard InChI is InChI=1S/C28H34N2O3/c1-6-9-22-10-7-8-11-27(22)33-25-15-12-23(13-16-25)30-28(31)26-17-14-24(29-21(26)5)18-20(4)32-19(2)3/h7-8,10-17,19-20H,6,9,18H2,1-5H3,(H,30,31). The van der Waals surface area contributed by atoms with Crippen LogP contribution in [-0.2, 0) is 17.6 Å². The maximum atomic E-state index is 12.8. The summed E-state index contributed by atoms with van der Waals surface area (Å²) in [5.74, 6) is 1.42. The van der Waals surface area contributed by atoms with Crippen molar-refractivity contribution in [2.75, 3.05) is 5.32 Å². The quantitative estimate of drug-likeness (QED) is 0.374. The van der Waals surface area contributed by atoms with Gasteiger partial charge in [0.15, 0.2) is 0 Å². The van der Waals surface area contributed by atoms with Crippen LogP contribution in [0, 0.1) is 6.92 Å². The van der Waals surface area contributed by atoms with Gasteiger partial charge in [0.05, 0.1) is 23.5 Å². The summed E-state index contributed by atoms with van der Waals surface area (Å²) in [7, 11) is 0. The van der Waals surface area contributed by atoms with Gasteiger partial charge in [-0.15, -0.1) is 0 Å². The van der Waals surface area contributed by atoms with Crippen molar-refractivity contribution < 1.29 is 14.3 Å². The summed E-state index contributed by atoms with van der Waals surface area (Å²) in [6, 6.07) is 19.2. The molecule has 5 nitrogen and oxygen atoms in total. The molecule has 1 N–H and O–H groups in total. The fourth-order valence-electron chi connectivity index (χ4n) is 3.78. The first-order valence-electron chi connectivity index (χ1n) is 11.6. The van der Waals surface area contributed by atoms with Crippen LogP contribution < -0.4 is 10.1 Å². The highest BCUT2D eigenvalue weighted by molar-refractivity contribution is 6.05. The van der Waals surface area contributed by atoms with Gasteiger partial charge in [-0.25, -0.2) is 0 Å². The van der Waals surface area contributed by atoms with Gasteiger partial charge >= 0.3 is 0 Å². The first-order chi connectivity index (χ1) is 15.9. The minimum atomic E-state index is -0.181. The van der Waals surface area contributed by atoms with Crippen LogP contribution in [0.25, 0.3) is 0 Å². The van der Waals surface area contributed by atoms with Crippen molar-refractivity contribution in [3.8, 4) is 11.5 Å². The summed E-state index contributed by atoms with van der Waals surface area (Å²) in [5.41, 5.74) is 4.08. The van der Waals surface area contributed by atoms with E-state index in [1.165, 1.54) is 5.56 Å². The van der Waals surface area contributed by atoms with E-state index in [0.717, 1.165) is 30.0 Å². The molecule has 0 aliphatic carbocycles. The Morgan fingerprint density at radius 2 is 1.73 bits per heavy atom. The molecule has 3 rings (SSSR count). The number of pyridine rings is 1. The van der Waals surface area contributed by atoms with Gasteiger partial charge in [0.2, 0.25) is 0 Å². The van der Waals surface area contributed by atoms with E-state index in [9.17, 15) is 4.79 Å². The molecule has 0 saturated carbocycles. The Labute approximate surface area is 197 Å². The number of aryl methyl sites for hydroxylation is 2. The van der Waals surface area contributed by atoms with Gasteiger partial charge in [0.25, 0.3) is 5.91 Å². The van der Waals surface area contributed by atoms with Crippen molar-refractivity contribution in [2.45, 2.75) is 66.1 Å². The lowest BCUT2D eigenvalue weighted by Gasteiger charge is -2.16. The molecular formula is C28H34N2O3. The Morgan fingerprint density at radius 3 is 2.39 bits per heavy atom. The van der Waals surface area contributed by atoms with Crippen molar-refractivity contribution in [3.05, 3.63) is 83.2 Å². The lowest BCUT2D eigenvalue weighted by molar-refractivity contribution is 0.0190. The van der Waals surface area contributed by atoms with Gasteiger partial charge in [0.1, 0.15) is 11.5 Å². The molecule has 1 unspecified atom stereocenters. The highest BCUT2D eigenvalue weighted by atomic mass is 16.5. The molecule has 3 aromatic rings. The molecule has 0 spiro atoms. The molecule has 5 heteroatoms. The highest BCUT2D eigenvalue weighted by Crippen LogP contribution is 2.27. The minimum absolute atomic E-state index is 0.0752. The van der Waals surface area contributed by atoms with Crippen molar-refractivity contribution in [1.82, 2.24) is 4.98 Å². The van der Waals surface area contributed by atoms with Gasteiger partial charge in [-0.2, -0.15) is 0 Å². The lowest BCUT2D eigenvalue weighted by Crippen LogP contribution is -2.18. The molecule has 0 bridgehead atoms. The number of carbonyl (C=O) groups excluding carboxylic acids is 1. The summed E-state index contributed by atoms with van der Waals surface area (Å²) in [6.45, 7) is 10.1. The predicted molar refractivity (Wildman–Crippen MR) is 133 cm³/mol. The first-order valence-corrected chi connectivity index (χ1v) is 11.6. The predicted octanol–water partition coefficient (Wildman–Crippen LogP) is 6.74. The van der Waals surface area contributed by atoms with E-state index in [2.05, 4.69) is 23.3 Å². The second-order valence-corrected chi connectivity index (χ2v) is 8.57. The molecule has 1 heterocycles. The zero-order valence-electron chi connectivity index (χ0n) is 20.2. The smallest absolute Gasteiger partial charge is 0.257 e. The SMILES string of the molecule is CCCc1ccccc1Oc1ccc(NC(=O)c2ccc(CC(C)OC(C)C)nc2C)cc1. The van der Waals surface area contributed by atoms with E-state index in [0.29, 0.717) is 23.4 Å². The molecule has 33 heavy (non-hydrogen) atoms. The maximum absolute atomic E-state index is 12.8. The first kappa shape index (κ1) is 24.5. The molecule has 0 radical (unpaired) electrons. The molecule has 0 aliphatic heterocycles. The van der Waals surface area contributed by atoms with Crippen molar-refractivity contribution in [1.29, 1.82) is 0 Å². The zero-order chi connectivity index (χ0) is 23.8. The number of aromatic nitrogens is 1. The van der Waals surface area contributed by atoms with Gasteiger partial charge in [-0.05, 0) is 82.1 Å². The molecule has 1 aromatic heterocycles. The molecular weight excluding hydrogens is 412 g/mol. The number of para-hydroxylation sites is 1. The summed E-state index contributed by atoms with van der Waals surface area (Å²) in [5, 5.41) is 2.95. The number of carbonyl (C=O) groups is 1. The van der Waals surface area contributed by atoms with Crippen LogP contribution in [0.5, 0.6) is 11.5 Å². The summed E-state index contributed by atoms with van der Waals surface area (Å²) in [4.78, 5) is 17.4. The number of benzene rings is 2. The number of hydrogen-bond acceptors (Lipinski definition) is 4. The maximum Gasteiger partial charge on any atom is 0.257 e. The van der Waals surface area contributed by atoms with E-state index in [4.69, 9.17) is 9.47 Å². The summed E-state index contributed by atoms with van der Waals surface area (Å²) < 4.78 is 11.8. The third-order valence-corrected chi connectivity index (χ3v) is 5.22. The fraction of sp³-hybridized carbons (Fsp3) is 0.357. The van der Waals surface area contributed by atoms with Crippen LogP contribution >= 0.6 is 0 Å². The Morgan fingerprint density at radius 1 is 1.00 bits per heavy atom. The largest absolute Gasteiger partial charge is 0.457 e. The van der Waals surface area contributed by atoms with E-state index in [-0.39, 0.29) is 18.1 Å². The van der Waals surface area contributed by atoms with Crippen molar-refractivity contribution in [3.63, 3.8) is 0 Å². The Balaban J connectivity index is 1.62. The number of anilines is 1. The molecule has 2 aromatic carbocycles. The van der Waals surface area contributed by atoms with E-state index in [1.54, 1.807) is 0 Å². The molecule has 0 fully saturated rings. The summed E-state index contributed by atoms with van der Waals surface area (Å²) >= 11 is 0. The van der Waals surface area contributed by atoms with Crippen molar-refractivity contribution >= 4 is 11.6 Å². The lowest BCUT2D eigenvalue weighted by atomic mass is 10.1. The van der Waals surface area contributed by atoms with Crippen LogP contribution in [0.3, 0.4) is 0 Å². The number of rotatable bonds is 10. The van der Waals surface area contributed by atoms with Crippen molar-refractivity contribution in [2.24, 2.45) is 0 Å². The minimum Gasteiger partial charge on any atom is -0.457 e. The Bertz CT molecular complexity index is 1060. The van der Waals surface area contributed by atoms with Gasteiger partial charge in [-0.3, -0.25) is 9.78 Å². The van der Waals surface area contributed by atoms with Crippen LogP contribution in [0.1, 0.15) is 61.4 Å². The summed E-state index contributed by atoms with van der Waals surface area (Å²) in [6.07, 6.45) is 3.00. The molecule has 174 valence electrons. The molecule has 1 amide bonds. The van der Waals surface area contributed by atoms with Crippen LogP contribution in [-0.4, -0.2) is 23.1 Å².